The molecule has 4 nitrogen and oxygen atoms in total. The van der Waals surface area contributed by atoms with Crippen LogP contribution in [0.15, 0.2) is 48.5 Å². The fourth-order valence-electron chi connectivity index (χ4n) is 2.15. The van der Waals surface area contributed by atoms with Crippen molar-refractivity contribution in [1.29, 1.82) is 0 Å². The first-order chi connectivity index (χ1) is 10.1. The normalized spacial score (nSPS) is 11.9. The van der Waals surface area contributed by atoms with E-state index < -0.39 is 0 Å². The summed E-state index contributed by atoms with van der Waals surface area (Å²) in [6, 6.07) is 14.1. The number of aromatic hydroxyl groups is 1. The molecule has 1 atom stereocenters. The Morgan fingerprint density at radius 3 is 2.57 bits per heavy atom. The van der Waals surface area contributed by atoms with E-state index in [1.807, 2.05) is 37.3 Å². The Balaban J connectivity index is 2.07. The summed E-state index contributed by atoms with van der Waals surface area (Å²) in [7, 11) is 0. The number of aliphatic hydroxyl groups is 1. The zero-order valence-electron chi connectivity index (χ0n) is 11.9. The van der Waals surface area contributed by atoms with Gasteiger partial charge >= 0.3 is 0 Å². The van der Waals surface area contributed by atoms with Crippen molar-refractivity contribution in [1.82, 2.24) is 5.32 Å². The molecular formula is C17H19NO3. The van der Waals surface area contributed by atoms with Crippen LogP contribution in [0.5, 0.6) is 5.75 Å². The van der Waals surface area contributed by atoms with Gasteiger partial charge in [-0.1, -0.05) is 42.0 Å². The summed E-state index contributed by atoms with van der Waals surface area (Å²) in [6.45, 7) is 1.69. The Morgan fingerprint density at radius 2 is 1.90 bits per heavy atom. The van der Waals surface area contributed by atoms with Crippen LogP contribution in [-0.2, 0) is 6.42 Å². The fourth-order valence-corrected chi connectivity index (χ4v) is 2.15. The number of benzene rings is 2. The Kier molecular flexibility index (Phi) is 4.95. The minimum absolute atomic E-state index is 0.0606. The van der Waals surface area contributed by atoms with Gasteiger partial charge in [0.1, 0.15) is 5.75 Å². The molecule has 110 valence electrons. The van der Waals surface area contributed by atoms with Gasteiger partial charge in [-0.25, -0.2) is 0 Å². The molecule has 0 spiro atoms. The topological polar surface area (TPSA) is 69.6 Å². The van der Waals surface area contributed by atoms with Crippen LogP contribution in [0, 0.1) is 6.92 Å². The third-order valence-electron chi connectivity index (χ3n) is 3.28. The molecule has 2 aromatic rings. The van der Waals surface area contributed by atoms with Gasteiger partial charge in [0.15, 0.2) is 0 Å². The van der Waals surface area contributed by atoms with Gasteiger partial charge in [-0.15, -0.1) is 0 Å². The van der Waals surface area contributed by atoms with Gasteiger partial charge in [0.25, 0.3) is 5.91 Å². The zero-order chi connectivity index (χ0) is 15.2. The van der Waals surface area contributed by atoms with Crippen molar-refractivity contribution in [3.05, 3.63) is 65.2 Å². The molecular weight excluding hydrogens is 266 g/mol. The Labute approximate surface area is 124 Å². The van der Waals surface area contributed by atoms with Crippen molar-refractivity contribution in [2.24, 2.45) is 0 Å². The van der Waals surface area contributed by atoms with Crippen molar-refractivity contribution >= 4 is 5.91 Å². The van der Waals surface area contributed by atoms with Crippen LogP contribution >= 0.6 is 0 Å². The number of carbonyl (C=O) groups is 1. The van der Waals surface area contributed by atoms with Gasteiger partial charge in [0.05, 0.1) is 18.2 Å². The monoisotopic (exact) mass is 285 g/mol. The molecule has 2 aromatic carbocycles. The van der Waals surface area contributed by atoms with Crippen LogP contribution in [0.1, 0.15) is 21.5 Å². The van der Waals surface area contributed by atoms with E-state index in [0.29, 0.717) is 6.42 Å². The number of phenolic OH excluding ortho intramolecular Hbond substituents is 1. The lowest BCUT2D eigenvalue weighted by molar-refractivity contribution is 0.0913. The lowest BCUT2D eigenvalue weighted by Gasteiger charge is -2.17. The molecule has 0 saturated heterocycles. The fraction of sp³-hybridized carbons (Fsp3) is 0.235. The number of carbonyl (C=O) groups excluding carboxylic acids is 1. The summed E-state index contributed by atoms with van der Waals surface area (Å²) in [5.74, 6) is -0.444. The average molecular weight is 285 g/mol. The molecule has 0 heterocycles. The maximum atomic E-state index is 12.2. The van der Waals surface area contributed by atoms with Crippen LogP contribution in [0.2, 0.25) is 0 Å². The highest BCUT2D eigenvalue weighted by atomic mass is 16.3. The maximum Gasteiger partial charge on any atom is 0.255 e. The van der Waals surface area contributed by atoms with Gasteiger partial charge in [-0.3, -0.25) is 4.79 Å². The van der Waals surface area contributed by atoms with Crippen molar-refractivity contribution in [2.75, 3.05) is 6.61 Å². The van der Waals surface area contributed by atoms with Crippen molar-refractivity contribution in [3.63, 3.8) is 0 Å². The zero-order valence-corrected chi connectivity index (χ0v) is 11.9. The largest absolute Gasteiger partial charge is 0.507 e. The highest BCUT2D eigenvalue weighted by Crippen LogP contribution is 2.18. The first-order valence-corrected chi connectivity index (χ1v) is 6.85. The lowest BCUT2D eigenvalue weighted by Crippen LogP contribution is -2.39. The third kappa shape index (κ3) is 4.07. The number of rotatable bonds is 5. The predicted molar refractivity (Wildman–Crippen MR) is 81.3 cm³/mol. The van der Waals surface area contributed by atoms with Crippen molar-refractivity contribution < 1.29 is 15.0 Å². The summed E-state index contributed by atoms with van der Waals surface area (Å²) < 4.78 is 0. The Bertz CT molecular complexity index is 611. The summed E-state index contributed by atoms with van der Waals surface area (Å²) >= 11 is 0. The van der Waals surface area contributed by atoms with Crippen LogP contribution in [0.3, 0.4) is 0 Å². The Hall–Kier alpha value is -2.33. The molecule has 2 rings (SSSR count). The number of hydrogen-bond donors (Lipinski definition) is 3. The molecule has 0 fully saturated rings. The predicted octanol–water partition coefficient (Wildman–Crippen LogP) is 2.03. The molecule has 4 heteroatoms. The SMILES string of the molecule is Cc1ccc(O)c(C(=O)NC(CO)Cc2ccccc2)c1. The molecule has 0 aliphatic heterocycles. The second kappa shape index (κ2) is 6.90. The van der Waals surface area contributed by atoms with E-state index in [0.717, 1.165) is 11.1 Å². The molecule has 1 unspecified atom stereocenters. The number of aliphatic hydroxyl groups excluding tert-OH is 1. The van der Waals surface area contributed by atoms with E-state index in [1.165, 1.54) is 6.07 Å². The number of hydrogen-bond acceptors (Lipinski definition) is 3. The van der Waals surface area contributed by atoms with Crippen molar-refractivity contribution in [2.45, 2.75) is 19.4 Å². The highest BCUT2D eigenvalue weighted by molar-refractivity contribution is 5.97. The summed E-state index contributed by atoms with van der Waals surface area (Å²) in [6.07, 6.45) is 0.537. The van der Waals surface area contributed by atoms with Crippen molar-refractivity contribution in [3.8, 4) is 5.75 Å². The lowest BCUT2D eigenvalue weighted by atomic mass is 10.1. The number of phenols is 1. The molecule has 21 heavy (non-hydrogen) atoms. The highest BCUT2D eigenvalue weighted by Gasteiger charge is 2.16. The van der Waals surface area contributed by atoms with Crippen LogP contribution in [0.25, 0.3) is 0 Å². The summed E-state index contributed by atoms with van der Waals surface area (Å²) in [5, 5.41) is 21.9. The second-order valence-electron chi connectivity index (χ2n) is 5.06. The average Bonchev–Trinajstić information content (AvgIpc) is 2.50. The molecule has 0 bridgehead atoms. The van der Waals surface area contributed by atoms with Crippen LogP contribution in [-0.4, -0.2) is 28.8 Å². The van der Waals surface area contributed by atoms with E-state index in [4.69, 9.17) is 0 Å². The Morgan fingerprint density at radius 1 is 1.19 bits per heavy atom. The number of amides is 1. The molecule has 1 amide bonds. The molecule has 0 saturated carbocycles. The standard InChI is InChI=1S/C17H19NO3/c1-12-7-8-16(20)15(9-12)17(21)18-14(11-19)10-13-5-3-2-4-6-13/h2-9,14,19-20H,10-11H2,1H3,(H,18,21). The van der Waals surface area contributed by atoms with Crippen LogP contribution in [0.4, 0.5) is 0 Å². The van der Waals surface area contributed by atoms with Gasteiger partial charge < -0.3 is 15.5 Å². The van der Waals surface area contributed by atoms with E-state index in [-0.39, 0.29) is 29.9 Å². The van der Waals surface area contributed by atoms with E-state index in [1.54, 1.807) is 12.1 Å². The van der Waals surface area contributed by atoms with Gasteiger partial charge in [-0.05, 0) is 31.0 Å². The van der Waals surface area contributed by atoms with Gasteiger partial charge in [-0.2, -0.15) is 0 Å². The third-order valence-corrected chi connectivity index (χ3v) is 3.28. The molecule has 0 aliphatic rings. The van der Waals surface area contributed by atoms with E-state index >= 15 is 0 Å². The summed E-state index contributed by atoms with van der Waals surface area (Å²) in [4.78, 5) is 12.2. The first kappa shape index (κ1) is 15.1. The minimum atomic E-state index is -0.389. The number of nitrogens with one attached hydrogen (secondary N) is 1. The molecule has 0 radical (unpaired) electrons. The first-order valence-electron chi connectivity index (χ1n) is 6.85. The molecule has 0 aromatic heterocycles. The molecule has 0 aliphatic carbocycles. The van der Waals surface area contributed by atoms with Crippen LogP contribution < -0.4 is 5.32 Å². The maximum absolute atomic E-state index is 12.2. The van der Waals surface area contributed by atoms with Gasteiger partial charge in [0.2, 0.25) is 0 Å². The van der Waals surface area contributed by atoms with E-state index in [2.05, 4.69) is 5.32 Å². The quantitative estimate of drug-likeness (QED) is 0.787. The van der Waals surface area contributed by atoms with Gasteiger partial charge in [0, 0.05) is 0 Å². The minimum Gasteiger partial charge on any atom is -0.507 e. The molecule has 3 N–H and O–H groups in total. The van der Waals surface area contributed by atoms with E-state index in [9.17, 15) is 15.0 Å². The number of aryl methyl sites for hydroxylation is 1. The summed E-state index contributed by atoms with van der Waals surface area (Å²) in [5.41, 5.74) is 2.15. The smallest absolute Gasteiger partial charge is 0.255 e. The second-order valence-corrected chi connectivity index (χ2v) is 5.06.